The van der Waals surface area contributed by atoms with E-state index in [0.29, 0.717) is 33.8 Å². The number of anilines is 2. The Morgan fingerprint density at radius 3 is 2.42 bits per heavy atom. The predicted octanol–water partition coefficient (Wildman–Crippen LogP) is 5.64. The maximum Gasteiger partial charge on any atom is 0.243 e. The van der Waals surface area contributed by atoms with Crippen molar-refractivity contribution in [2.24, 2.45) is 5.92 Å². The Bertz CT molecular complexity index is 1230. The van der Waals surface area contributed by atoms with Crippen molar-refractivity contribution in [1.29, 1.82) is 0 Å². The van der Waals surface area contributed by atoms with E-state index in [2.05, 4.69) is 17.8 Å². The highest BCUT2D eigenvalue weighted by Gasteiger charge is 2.35. The number of benzene rings is 3. The topological polar surface area (TPSA) is 79.9 Å². The number of nitrogens with zero attached hydrogens (tertiary/aromatic N) is 1. The van der Waals surface area contributed by atoms with Crippen LogP contribution < -0.4 is 25.2 Å². The predicted molar refractivity (Wildman–Crippen MR) is 142 cm³/mol. The molecule has 7 nitrogen and oxygen atoms in total. The Labute approximate surface area is 220 Å². The van der Waals surface area contributed by atoms with Crippen LogP contribution in [0.25, 0.3) is 0 Å². The van der Waals surface area contributed by atoms with E-state index in [1.165, 1.54) is 12.7 Å². The van der Waals surface area contributed by atoms with Crippen LogP contribution in [0.2, 0.25) is 10.0 Å². The number of nitrogens with one attached hydrogen (secondary N) is 2. The smallest absolute Gasteiger partial charge is 0.243 e. The van der Waals surface area contributed by atoms with Crippen LogP contribution in [0.15, 0.2) is 60.7 Å². The van der Waals surface area contributed by atoms with Crippen molar-refractivity contribution < 1.29 is 19.1 Å². The van der Waals surface area contributed by atoms with E-state index in [0.717, 1.165) is 17.7 Å². The Morgan fingerprint density at radius 1 is 1.06 bits per heavy atom. The number of aryl methyl sites for hydroxylation is 1. The Morgan fingerprint density at radius 2 is 1.75 bits per heavy atom. The monoisotopic (exact) mass is 527 g/mol. The third kappa shape index (κ3) is 6.04. The van der Waals surface area contributed by atoms with E-state index < -0.39 is 5.92 Å². The van der Waals surface area contributed by atoms with E-state index >= 15 is 0 Å². The maximum atomic E-state index is 12.8. The van der Waals surface area contributed by atoms with Crippen molar-refractivity contribution in [2.75, 3.05) is 24.0 Å². The summed E-state index contributed by atoms with van der Waals surface area (Å²) in [7, 11) is 1.51. The fourth-order valence-corrected chi connectivity index (χ4v) is 4.34. The molecule has 4 rings (SSSR count). The van der Waals surface area contributed by atoms with E-state index in [1.807, 2.05) is 36.4 Å². The summed E-state index contributed by atoms with van der Waals surface area (Å²) in [4.78, 5) is 27.0. The van der Waals surface area contributed by atoms with Gasteiger partial charge in [-0.05, 0) is 47.9 Å². The van der Waals surface area contributed by atoms with Gasteiger partial charge in [-0.25, -0.2) is 0 Å². The number of hydrazine groups is 1. The van der Waals surface area contributed by atoms with Crippen LogP contribution >= 0.6 is 23.2 Å². The molecule has 0 radical (unpaired) electrons. The molecule has 0 aliphatic carbocycles. The minimum absolute atomic E-state index is 0.0775. The van der Waals surface area contributed by atoms with Gasteiger partial charge in [0.1, 0.15) is 6.61 Å². The molecule has 3 aromatic rings. The quantitative estimate of drug-likeness (QED) is 0.352. The number of rotatable bonds is 9. The van der Waals surface area contributed by atoms with Crippen molar-refractivity contribution in [3.05, 3.63) is 81.8 Å². The molecule has 36 heavy (non-hydrogen) atoms. The molecule has 3 aromatic carbocycles. The average Bonchev–Trinajstić information content (AvgIpc) is 3.29. The highest BCUT2D eigenvalue weighted by Crippen LogP contribution is 2.38. The van der Waals surface area contributed by atoms with Gasteiger partial charge in [0.05, 0.1) is 23.7 Å². The van der Waals surface area contributed by atoms with Gasteiger partial charge in [0.2, 0.25) is 11.8 Å². The number of amides is 2. The van der Waals surface area contributed by atoms with Gasteiger partial charge in [0.15, 0.2) is 11.5 Å². The SMILES string of the molecule is CCc1ccc(N2C[C@H](C(=O)NNc3cc(Cl)c(OCc4ccc(Cl)cc4)c(OC)c3)CC2=O)cc1. The Balaban J connectivity index is 1.36. The molecule has 9 heteroatoms. The van der Waals surface area contributed by atoms with Gasteiger partial charge in [-0.3, -0.25) is 20.4 Å². The van der Waals surface area contributed by atoms with Crippen molar-refractivity contribution in [2.45, 2.75) is 26.4 Å². The molecule has 1 aliphatic rings. The van der Waals surface area contributed by atoms with Gasteiger partial charge >= 0.3 is 0 Å². The molecule has 0 bridgehead atoms. The lowest BCUT2D eigenvalue weighted by Gasteiger charge is -2.18. The van der Waals surface area contributed by atoms with Gasteiger partial charge < -0.3 is 14.4 Å². The second-order valence-corrected chi connectivity index (χ2v) is 9.29. The molecule has 1 fully saturated rings. The van der Waals surface area contributed by atoms with E-state index in [4.69, 9.17) is 32.7 Å². The van der Waals surface area contributed by atoms with Crippen molar-refractivity contribution in [1.82, 2.24) is 5.43 Å². The first-order valence-corrected chi connectivity index (χ1v) is 12.3. The number of ether oxygens (including phenoxy) is 2. The third-order valence-electron chi connectivity index (χ3n) is 6.01. The van der Waals surface area contributed by atoms with Gasteiger partial charge in [-0.1, -0.05) is 54.4 Å². The molecule has 0 spiro atoms. The molecule has 1 atom stereocenters. The zero-order valence-corrected chi connectivity index (χ0v) is 21.5. The largest absolute Gasteiger partial charge is 0.493 e. The maximum absolute atomic E-state index is 12.8. The molecule has 1 aliphatic heterocycles. The van der Waals surface area contributed by atoms with E-state index in [-0.39, 0.29) is 24.8 Å². The summed E-state index contributed by atoms with van der Waals surface area (Å²) in [5, 5.41) is 0.963. The molecular weight excluding hydrogens is 501 g/mol. The number of carbonyl (C=O) groups is 2. The molecule has 0 aromatic heterocycles. The standard InChI is InChI=1S/C27H27Cl2N3O4/c1-3-17-6-10-22(11-7-17)32-15-19(12-25(32)33)27(34)31-30-21-13-23(29)26(24(14-21)35-2)36-16-18-4-8-20(28)9-5-18/h4-11,13-14,19,30H,3,12,15-16H2,1-2H3,(H,31,34)/t19-/m1/s1. The summed E-state index contributed by atoms with van der Waals surface area (Å²) < 4.78 is 11.3. The third-order valence-corrected chi connectivity index (χ3v) is 6.54. The second kappa shape index (κ2) is 11.5. The molecule has 0 saturated carbocycles. The molecule has 0 unspecified atom stereocenters. The lowest BCUT2D eigenvalue weighted by atomic mass is 10.1. The Kier molecular flexibility index (Phi) is 8.23. The van der Waals surface area contributed by atoms with Crippen molar-refractivity contribution in [3.8, 4) is 11.5 Å². The summed E-state index contributed by atoms with van der Waals surface area (Å²) in [6, 6.07) is 18.4. The van der Waals surface area contributed by atoms with Gasteiger partial charge in [0, 0.05) is 29.7 Å². The average molecular weight is 528 g/mol. The zero-order valence-electron chi connectivity index (χ0n) is 20.0. The molecule has 2 amide bonds. The van der Waals surface area contributed by atoms with Crippen LogP contribution in [0.1, 0.15) is 24.5 Å². The first-order chi connectivity index (χ1) is 17.4. The zero-order chi connectivity index (χ0) is 25.7. The second-order valence-electron chi connectivity index (χ2n) is 8.44. The molecule has 1 heterocycles. The van der Waals surface area contributed by atoms with Crippen LogP contribution in [-0.2, 0) is 22.6 Å². The lowest BCUT2D eigenvalue weighted by molar-refractivity contribution is -0.125. The summed E-state index contributed by atoms with van der Waals surface area (Å²) in [6.45, 7) is 2.68. The van der Waals surface area contributed by atoms with Crippen LogP contribution in [-0.4, -0.2) is 25.5 Å². The van der Waals surface area contributed by atoms with Crippen LogP contribution in [0.4, 0.5) is 11.4 Å². The van der Waals surface area contributed by atoms with E-state index in [9.17, 15) is 9.59 Å². The lowest BCUT2D eigenvalue weighted by Crippen LogP contribution is -2.36. The van der Waals surface area contributed by atoms with Gasteiger partial charge in [-0.2, -0.15) is 0 Å². The van der Waals surface area contributed by atoms with Crippen molar-refractivity contribution >= 4 is 46.4 Å². The molecule has 1 saturated heterocycles. The minimum Gasteiger partial charge on any atom is -0.493 e. The summed E-state index contributed by atoms with van der Waals surface area (Å²) >= 11 is 12.4. The summed E-state index contributed by atoms with van der Waals surface area (Å²) in [5.74, 6) is -0.0428. The van der Waals surface area contributed by atoms with Crippen LogP contribution in [0.5, 0.6) is 11.5 Å². The van der Waals surface area contributed by atoms with E-state index in [1.54, 1.807) is 29.2 Å². The molecular formula is C27H27Cl2N3O4. The highest BCUT2D eigenvalue weighted by molar-refractivity contribution is 6.32. The number of carbonyl (C=O) groups excluding carboxylic acids is 2. The number of hydrogen-bond acceptors (Lipinski definition) is 5. The number of hydrogen-bond donors (Lipinski definition) is 2. The summed E-state index contributed by atoms with van der Waals surface area (Å²) in [6.07, 6.45) is 1.07. The summed E-state index contributed by atoms with van der Waals surface area (Å²) in [5.41, 5.74) is 8.97. The number of halogens is 2. The number of methoxy groups -OCH3 is 1. The van der Waals surface area contributed by atoms with Gasteiger partial charge in [-0.15, -0.1) is 0 Å². The van der Waals surface area contributed by atoms with Gasteiger partial charge in [0.25, 0.3) is 0 Å². The normalized spacial score (nSPS) is 15.1. The molecule has 2 N–H and O–H groups in total. The van der Waals surface area contributed by atoms with Crippen LogP contribution in [0.3, 0.4) is 0 Å². The Hall–Kier alpha value is -3.42. The fraction of sp³-hybridized carbons (Fsp3) is 0.259. The fourth-order valence-electron chi connectivity index (χ4n) is 3.95. The van der Waals surface area contributed by atoms with Crippen molar-refractivity contribution in [3.63, 3.8) is 0 Å². The first-order valence-electron chi connectivity index (χ1n) is 11.6. The minimum atomic E-state index is -0.477. The highest BCUT2D eigenvalue weighted by atomic mass is 35.5. The van der Waals surface area contributed by atoms with Crippen LogP contribution in [0, 0.1) is 5.92 Å². The molecule has 188 valence electrons. The first kappa shape index (κ1) is 25.7.